The third-order valence-corrected chi connectivity index (χ3v) is 7.82. The Morgan fingerprint density at radius 3 is 2.20 bits per heavy atom. The third kappa shape index (κ3) is 9.54. The van der Waals surface area contributed by atoms with Gasteiger partial charge in [0.1, 0.15) is 18.1 Å². The maximum atomic E-state index is 13.7. The summed E-state index contributed by atoms with van der Waals surface area (Å²) < 4.78 is 0. The number of hydrogen-bond donors (Lipinski definition) is 7. The monoisotopic (exact) mass is 603 g/mol. The van der Waals surface area contributed by atoms with E-state index in [-0.39, 0.29) is 25.7 Å². The lowest BCUT2D eigenvalue weighted by Gasteiger charge is -2.25. The van der Waals surface area contributed by atoms with Crippen LogP contribution < -0.4 is 21.7 Å². The number of amides is 3. The fourth-order valence-electron chi connectivity index (χ4n) is 4.28. The SMILES string of the molecule is CSCCC(NC(=O)C(CCSC)NC(=O)C(Cc1c[nH]c2ccccc12)NC(=O)C(N)Cc1cnc[nH]1)C(=O)O. The van der Waals surface area contributed by atoms with Crippen molar-refractivity contribution in [2.45, 2.75) is 49.9 Å². The summed E-state index contributed by atoms with van der Waals surface area (Å²) in [6.07, 6.45) is 9.42. The smallest absolute Gasteiger partial charge is 0.326 e. The van der Waals surface area contributed by atoms with Crippen molar-refractivity contribution in [1.82, 2.24) is 30.9 Å². The molecular weight excluding hydrogens is 566 g/mol. The number of para-hydroxylation sites is 1. The quantitative estimate of drug-likeness (QED) is 0.118. The number of carboxylic acids is 1. The first-order valence-corrected chi connectivity index (χ1v) is 15.9. The van der Waals surface area contributed by atoms with E-state index < -0.39 is 47.9 Å². The van der Waals surface area contributed by atoms with Gasteiger partial charge < -0.3 is 36.8 Å². The number of aromatic amines is 2. The van der Waals surface area contributed by atoms with Crippen LogP contribution in [-0.2, 0) is 32.0 Å². The fourth-order valence-corrected chi connectivity index (χ4v) is 5.22. The number of nitrogens with one attached hydrogen (secondary N) is 5. The Hall–Kier alpha value is -3.49. The number of aliphatic carboxylic acids is 1. The number of nitrogens with zero attached hydrogens (tertiary/aromatic N) is 1. The van der Waals surface area contributed by atoms with E-state index in [2.05, 4.69) is 30.9 Å². The van der Waals surface area contributed by atoms with Crippen LogP contribution in [-0.4, -0.2) is 91.9 Å². The summed E-state index contributed by atoms with van der Waals surface area (Å²) in [7, 11) is 0. The van der Waals surface area contributed by atoms with Crippen LogP contribution in [0.2, 0.25) is 0 Å². The molecule has 0 bridgehead atoms. The van der Waals surface area contributed by atoms with Gasteiger partial charge in [-0.2, -0.15) is 23.5 Å². The Labute approximate surface area is 246 Å². The van der Waals surface area contributed by atoms with Crippen molar-refractivity contribution < 1.29 is 24.3 Å². The predicted molar refractivity (Wildman–Crippen MR) is 162 cm³/mol. The number of nitrogens with two attached hydrogens (primary N) is 1. The second-order valence-corrected chi connectivity index (χ2v) is 11.5. The molecule has 0 aliphatic carbocycles. The molecule has 0 aliphatic heterocycles. The lowest BCUT2D eigenvalue weighted by atomic mass is 10.0. The van der Waals surface area contributed by atoms with Crippen molar-refractivity contribution in [3.05, 3.63) is 54.2 Å². The van der Waals surface area contributed by atoms with Crippen molar-refractivity contribution in [2.24, 2.45) is 5.73 Å². The second-order valence-electron chi connectivity index (χ2n) is 9.54. The van der Waals surface area contributed by atoms with Crippen LogP contribution in [0.4, 0.5) is 0 Å². The molecule has 0 saturated carbocycles. The van der Waals surface area contributed by atoms with Gasteiger partial charge in [-0.05, 0) is 48.5 Å². The summed E-state index contributed by atoms with van der Waals surface area (Å²) in [6, 6.07) is 3.53. The number of imidazole rings is 1. The molecule has 12 nitrogen and oxygen atoms in total. The summed E-state index contributed by atoms with van der Waals surface area (Å²) in [6.45, 7) is 0. The lowest BCUT2D eigenvalue weighted by Crippen LogP contribution is -2.58. The van der Waals surface area contributed by atoms with Gasteiger partial charge in [0.05, 0.1) is 12.4 Å². The van der Waals surface area contributed by atoms with E-state index in [1.54, 1.807) is 12.4 Å². The van der Waals surface area contributed by atoms with Gasteiger partial charge in [0.15, 0.2) is 0 Å². The summed E-state index contributed by atoms with van der Waals surface area (Å²) in [4.78, 5) is 61.6. The first-order chi connectivity index (χ1) is 19.7. The molecule has 4 unspecified atom stereocenters. The fraction of sp³-hybridized carbons (Fsp3) is 0.444. The van der Waals surface area contributed by atoms with Crippen molar-refractivity contribution in [1.29, 1.82) is 0 Å². The minimum Gasteiger partial charge on any atom is -0.480 e. The molecule has 0 saturated heterocycles. The van der Waals surface area contributed by atoms with E-state index >= 15 is 0 Å². The Balaban J connectivity index is 1.80. The Morgan fingerprint density at radius 2 is 1.54 bits per heavy atom. The normalized spacial score (nSPS) is 14.1. The maximum Gasteiger partial charge on any atom is 0.326 e. The van der Waals surface area contributed by atoms with Crippen molar-refractivity contribution in [2.75, 3.05) is 24.0 Å². The van der Waals surface area contributed by atoms with Crippen LogP contribution in [0.3, 0.4) is 0 Å². The Morgan fingerprint density at radius 1 is 0.902 bits per heavy atom. The van der Waals surface area contributed by atoms with Crippen LogP contribution in [0, 0.1) is 0 Å². The highest BCUT2D eigenvalue weighted by Crippen LogP contribution is 2.19. The van der Waals surface area contributed by atoms with Gasteiger partial charge in [0, 0.05) is 41.8 Å². The number of rotatable bonds is 17. The van der Waals surface area contributed by atoms with Crippen LogP contribution >= 0.6 is 23.5 Å². The van der Waals surface area contributed by atoms with Gasteiger partial charge in [-0.3, -0.25) is 14.4 Å². The zero-order chi connectivity index (χ0) is 29.8. The van der Waals surface area contributed by atoms with Crippen molar-refractivity contribution >= 4 is 58.1 Å². The lowest BCUT2D eigenvalue weighted by molar-refractivity contribution is -0.142. The summed E-state index contributed by atoms with van der Waals surface area (Å²) in [5.74, 6) is -1.74. The highest BCUT2D eigenvalue weighted by molar-refractivity contribution is 7.98. The minimum atomic E-state index is -1.14. The predicted octanol–water partition coefficient (Wildman–Crippen LogP) is 1.05. The van der Waals surface area contributed by atoms with Gasteiger partial charge in [0.25, 0.3) is 0 Å². The number of thioether (sulfide) groups is 2. The highest BCUT2D eigenvalue weighted by Gasteiger charge is 2.31. The topological polar surface area (TPSA) is 195 Å². The van der Waals surface area contributed by atoms with Gasteiger partial charge in [-0.1, -0.05) is 18.2 Å². The number of carbonyl (C=O) groups is 4. The van der Waals surface area contributed by atoms with Crippen LogP contribution in [0.1, 0.15) is 24.1 Å². The van der Waals surface area contributed by atoms with Crippen LogP contribution in [0.5, 0.6) is 0 Å². The zero-order valence-electron chi connectivity index (χ0n) is 23.0. The van der Waals surface area contributed by atoms with Crippen molar-refractivity contribution in [3.8, 4) is 0 Å². The summed E-state index contributed by atoms with van der Waals surface area (Å²) in [5, 5.41) is 18.5. The van der Waals surface area contributed by atoms with Gasteiger partial charge in [-0.15, -0.1) is 0 Å². The van der Waals surface area contributed by atoms with E-state index in [1.807, 2.05) is 36.8 Å². The number of carboxylic acid groups (broad SMARTS) is 1. The molecule has 3 rings (SSSR count). The molecule has 3 amide bonds. The zero-order valence-corrected chi connectivity index (χ0v) is 24.6. The minimum absolute atomic E-state index is 0.140. The first-order valence-electron chi connectivity index (χ1n) is 13.1. The first kappa shape index (κ1) is 32.0. The average Bonchev–Trinajstić information content (AvgIpc) is 3.62. The van der Waals surface area contributed by atoms with Gasteiger partial charge >= 0.3 is 5.97 Å². The molecule has 0 radical (unpaired) electrons. The molecule has 2 aromatic heterocycles. The molecule has 0 aliphatic rings. The number of aromatic nitrogens is 3. The van der Waals surface area contributed by atoms with Crippen LogP contribution in [0.25, 0.3) is 10.9 Å². The highest BCUT2D eigenvalue weighted by atomic mass is 32.2. The molecule has 222 valence electrons. The maximum absolute atomic E-state index is 13.7. The largest absolute Gasteiger partial charge is 0.480 e. The molecule has 14 heteroatoms. The van der Waals surface area contributed by atoms with E-state index in [4.69, 9.17) is 5.73 Å². The van der Waals surface area contributed by atoms with E-state index in [9.17, 15) is 24.3 Å². The molecule has 0 fully saturated rings. The summed E-state index contributed by atoms with van der Waals surface area (Å²) in [5.41, 5.74) is 8.49. The van der Waals surface area contributed by atoms with Crippen LogP contribution in [0.15, 0.2) is 43.0 Å². The summed E-state index contributed by atoms with van der Waals surface area (Å²) >= 11 is 2.97. The molecule has 4 atom stereocenters. The molecule has 8 N–H and O–H groups in total. The number of fused-ring (bicyclic) bond motifs is 1. The molecule has 0 spiro atoms. The molecule has 41 heavy (non-hydrogen) atoms. The van der Waals surface area contributed by atoms with Gasteiger partial charge in [0.2, 0.25) is 17.7 Å². The number of carbonyl (C=O) groups excluding carboxylic acids is 3. The van der Waals surface area contributed by atoms with E-state index in [0.29, 0.717) is 17.2 Å². The second kappa shape index (κ2) is 16.1. The van der Waals surface area contributed by atoms with Crippen molar-refractivity contribution in [3.63, 3.8) is 0 Å². The van der Waals surface area contributed by atoms with Gasteiger partial charge in [-0.25, -0.2) is 9.78 Å². The standard InChI is InChI=1S/C27H37N7O5S2/c1-40-9-7-21(25(36)33-22(27(38)39)8-10-41-2)32-26(37)23(11-16-13-30-20-6-4-3-5-18(16)20)34-24(35)19(28)12-17-14-29-15-31-17/h3-6,13-15,19,21-23,30H,7-12,28H2,1-2H3,(H,29,31)(H,32,37)(H,33,36)(H,34,35)(H,38,39). The average molecular weight is 604 g/mol. The Kier molecular flexibility index (Phi) is 12.6. The Bertz CT molecular complexity index is 1300. The molecule has 2 heterocycles. The molecular formula is C27H37N7O5S2. The van der Waals surface area contributed by atoms with E-state index in [1.165, 1.54) is 29.9 Å². The molecule has 3 aromatic rings. The molecule has 1 aromatic carbocycles. The number of benzene rings is 1. The number of H-pyrrole nitrogens is 2. The third-order valence-electron chi connectivity index (χ3n) is 6.53. The van der Waals surface area contributed by atoms with E-state index in [0.717, 1.165) is 16.5 Å². The number of hydrogen-bond acceptors (Lipinski definition) is 8.